The van der Waals surface area contributed by atoms with Gasteiger partial charge in [-0.25, -0.2) is 0 Å². The molecule has 2 N–H and O–H groups in total. The van der Waals surface area contributed by atoms with Crippen LogP contribution in [0.3, 0.4) is 0 Å². The minimum absolute atomic E-state index is 0.131. The van der Waals surface area contributed by atoms with Gasteiger partial charge in [-0.3, -0.25) is 0 Å². The van der Waals surface area contributed by atoms with Crippen molar-refractivity contribution in [3.8, 4) is 5.75 Å². The summed E-state index contributed by atoms with van der Waals surface area (Å²) in [6.07, 6.45) is 2.28. The Morgan fingerprint density at radius 3 is 2.47 bits per heavy atom. The molecule has 0 spiro atoms. The van der Waals surface area contributed by atoms with Gasteiger partial charge in [-0.1, -0.05) is 0 Å². The maximum absolute atomic E-state index is 11.9. The van der Waals surface area contributed by atoms with Crippen molar-refractivity contribution in [2.45, 2.75) is 25.5 Å². The molecule has 0 radical (unpaired) electrons. The summed E-state index contributed by atoms with van der Waals surface area (Å²) in [5.41, 5.74) is 0.741. The van der Waals surface area contributed by atoms with Gasteiger partial charge in [-0.2, -0.15) is 8.78 Å². The Kier molecular flexibility index (Phi) is 3.73. The van der Waals surface area contributed by atoms with Crippen LogP contribution in [0.4, 0.5) is 14.5 Å². The van der Waals surface area contributed by atoms with Gasteiger partial charge in [0.25, 0.3) is 0 Å². The van der Waals surface area contributed by atoms with Crippen molar-refractivity contribution in [3.05, 3.63) is 24.3 Å². The second-order valence-corrected chi connectivity index (χ2v) is 4.18. The van der Waals surface area contributed by atoms with Crippen LogP contribution in [0.25, 0.3) is 0 Å². The highest BCUT2D eigenvalue weighted by molar-refractivity contribution is 7.80. The molecule has 1 aliphatic carbocycles. The van der Waals surface area contributed by atoms with E-state index in [1.54, 1.807) is 12.1 Å². The average Bonchev–Trinajstić information content (AvgIpc) is 3.04. The Morgan fingerprint density at radius 1 is 1.29 bits per heavy atom. The molecule has 3 nitrogen and oxygen atoms in total. The summed E-state index contributed by atoms with van der Waals surface area (Å²) in [6.45, 7) is -2.80. The van der Waals surface area contributed by atoms with Gasteiger partial charge >= 0.3 is 6.61 Å². The van der Waals surface area contributed by atoms with Crippen molar-refractivity contribution in [1.29, 1.82) is 0 Å². The Bertz CT molecular complexity index is 393. The van der Waals surface area contributed by atoms with E-state index in [2.05, 4.69) is 15.4 Å². The van der Waals surface area contributed by atoms with E-state index in [1.807, 2.05) is 0 Å². The average molecular weight is 258 g/mol. The predicted octanol–water partition coefficient (Wildman–Crippen LogP) is 2.74. The van der Waals surface area contributed by atoms with Gasteiger partial charge in [-0.05, 0) is 49.3 Å². The Morgan fingerprint density at radius 2 is 1.94 bits per heavy atom. The molecule has 0 atom stereocenters. The number of halogens is 2. The first-order valence-corrected chi connectivity index (χ1v) is 5.67. The van der Waals surface area contributed by atoms with E-state index < -0.39 is 6.61 Å². The molecule has 0 unspecified atom stereocenters. The SMILES string of the molecule is FC(F)Oc1ccc(NC(=S)NC2CC2)cc1. The zero-order valence-corrected chi connectivity index (χ0v) is 9.77. The number of hydrogen-bond acceptors (Lipinski definition) is 2. The standard InChI is InChI=1S/C11H12F2N2OS/c12-10(13)16-9-5-3-8(4-6-9)15-11(17)14-7-1-2-7/h3-7,10H,1-2H2,(H2,14,15,17). The summed E-state index contributed by atoms with van der Waals surface area (Å²) < 4.78 is 28.1. The van der Waals surface area contributed by atoms with Crippen LogP contribution in [0.1, 0.15) is 12.8 Å². The Hall–Kier alpha value is -1.43. The zero-order valence-electron chi connectivity index (χ0n) is 8.95. The second-order valence-electron chi connectivity index (χ2n) is 3.78. The van der Waals surface area contributed by atoms with Crippen LogP contribution in [0, 0.1) is 0 Å². The fourth-order valence-corrected chi connectivity index (χ4v) is 1.58. The molecule has 0 heterocycles. The van der Waals surface area contributed by atoms with Crippen LogP contribution in [0.5, 0.6) is 5.75 Å². The zero-order chi connectivity index (χ0) is 12.3. The van der Waals surface area contributed by atoms with E-state index in [-0.39, 0.29) is 5.75 Å². The quantitative estimate of drug-likeness (QED) is 0.814. The Balaban J connectivity index is 1.86. The number of nitrogens with one attached hydrogen (secondary N) is 2. The Labute approximate surface area is 103 Å². The van der Waals surface area contributed by atoms with Crippen molar-refractivity contribution < 1.29 is 13.5 Å². The third-order valence-corrected chi connectivity index (χ3v) is 2.47. The summed E-state index contributed by atoms with van der Waals surface area (Å²) >= 11 is 5.08. The lowest BCUT2D eigenvalue weighted by Crippen LogP contribution is -2.30. The lowest BCUT2D eigenvalue weighted by atomic mass is 10.3. The second kappa shape index (κ2) is 5.27. The molecule has 6 heteroatoms. The van der Waals surface area contributed by atoms with Crippen molar-refractivity contribution in [1.82, 2.24) is 5.32 Å². The van der Waals surface area contributed by atoms with Gasteiger partial charge in [0.05, 0.1) is 0 Å². The fourth-order valence-electron chi connectivity index (χ4n) is 1.30. The normalized spacial score (nSPS) is 14.5. The first-order valence-electron chi connectivity index (χ1n) is 5.26. The van der Waals surface area contributed by atoms with Crippen molar-refractivity contribution in [2.24, 2.45) is 0 Å². The van der Waals surface area contributed by atoms with Gasteiger partial charge in [0.15, 0.2) is 5.11 Å². The van der Waals surface area contributed by atoms with Gasteiger partial charge < -0.3 is 15.4 Å². The molecule has 0 saturated heterocycles. The van der Waals surface area contributed by atoms with Gasteiger partial charge in [0.1, 0.15) is 5.75 Å². The molecule has 0 aromatic heterocycles. The first kappa shape index (κ1) is 12.0. The number of hydrogen-bond donors (Lipinski definition) is 2. The molecular formula is C11H12F2N2OS. The summed E-state index contributed by atoms with van der Waals surface area (Å²) in [5.74, 6) is 0.131. The molecule has 17 heavy (non-hydrogen) atoms. The van der Waals surface area contributed by atoms with E-state index in [1.165, 1.54) is 12.1 Å². The largest absolute Gasteiger partial charge is 0.435 e. The lowest BCUT2D eigenvalue weighted by molar-refractivity contribution is -0.0498. The fraction of sp³-hybridized carbons (Fsp3) is 0.364. The third kappa shape index (κ3) is 4.14. The number of ether oxygens (including phenoxy) is 1. The van der Waals surface area contributed by atoms with Crippen LogP contribution in [-0.2, 0) is 0 Å². The molecule has 92 valence electrons. The van der Waals surface area contributed by atoms with Crippen molar-refractivity contribution in [3.63, 3.8) is 0 Å². The number of alkyl halides is 2. The smallest absolute Gasteiger partial charge is 0.387 e. The van der Waals surface area contributed by atoms with Gasteiger partial charge in [0.2, 0.25) is 0 Å². The molecular weight excluding hydrogens is 246 g/mol. The van der Waals surface area contributed by atoms with E-state index in [9.17, 15) is 8.78 Å². The molecule has 0 amide bonds. The van der Waals surface area contributed by atoms with Crippen LogP contribution >= 0.6 is 12.2 Å². The molecule has 1 aromatic rings. The first-order chi connectivity index (χ1) is 8.13. The molecule has 1 aromatic carbocycles. The van der Waals surface area contributed by atoms with Gasteiger partial charge in [-0.15, -0.1) is 0 Å². The molecule has 1 saturated carbocycles. The molecule has 1 aliphatic rings. The van der Waals surface area contributed by atoms with Gasteiger partial charge in [0, 0.05) is 11.7 Å². The highest BCUT2D eigenvalue weighted by atomic mass is 32.1. The predicted molar refractivity (Wildman–Crippen MR) is 65.5 cm³/mol. The molecule has 1 fully saturated rings. The summed E-state index contributed by atoms with van der Waals surface area (Å²) in [6, 6.07) is 6.69. The van der Waals surface area contributed by atoms with Crippen molar-refractivity contribution in [2.75, 3.05) is 5.32 Å². The van der Waals surface area contributed by atoms with E-state index in [4.69, 9.17) is 12.2 Å². The van der Waals surface area contributed by atoms with Crippen LogP contribution < -0.4 is 15.4 Å². The monoisotopic (exact) mass is 258 g/mol. The summed E-state index contributed by atoms with van der Waals surface area (Å²) in [7, 11) is 0. The maximum Gasteiger partial charge on any atom is 0.387 e. The number of rotatable bonds is 4. The number of benzene rings is 1. The molecule has 0 bridgehead atoms. The topological polar surface area (TPSA) is 33.3 Å². The maximum atomic E-state index is 11.9. The van der Waals surface area contributed by atoms with Crippen LogP contribution in [0.2, 0.25) is 0 Å². The van der Waals surface area contributed by atoms with E-state index in [0.717, 1.165) is 18.5 Å². The lowest BCUT2D eigenvalue weighted by Gasteiger charge is -2.10. The summed E-state index contributed by atoms with van der Waals surface area (Å²) in [4.78, 5) is 0. The molecule has 0 aliphatic heterocycles. The highest BCUT2D eigenvalue weighted by Crippen LogP contribution is 2.20. The third-order valence-electron chi connectivity index (χ3n) is 2.25. The minimum atomic E-state index is -2.80. The number of anilines is 1. The highest BCUT2D eigenvalue weighted by Gasteiger charge is 2.21. The molecule has 2 rings (SSSR count). The minimum Gasteiger partial charge on any atom is -0.435 e. The van der Waals surface area contributed by atoms with E-state index >= 15 is 0 Å². The van der Waals surface area contributed by atoms with Crippen molar-refractivity contribution >= 4 is 23.0 Å². The van der Waals surface area contributed by atoms with Crippen LogP contribution in [-0.4, -0.2) is 17.8 Å². The van der Waals surface area contributed by atoms with Crippen LogP contribution in [0.15, 0.2) is 24.3 Å². The summed E-state index contributed by atoms with van der Waals surface area (Å²) in [5, 5.41) is 6.64. The number of thiocarbonyl (C=S) groups is 1. The van der Waals surface area contributed by atoms with E-state index in [0.29, 0.717) is 11.2 Å².